The number of aryl methyl sites for hydroxylation is 1. The maximum absolute atomic E-state index is 13.5. The van der Waals surface area contributed by atoms with Gasteiger partial charge in [0, 0.05) is 11.5 Å². The first kappa shape index (κ1) is 20.3. The molecule has 5 atom stereocenters. The normalized spacial score (nSPS) is 31.3. The standard InChI is InChI=1S/C27H30O4/c1-27-14-13-21-20-9-6-18(26(29)30)15-17(20)5-10-22(21)23(27)11-12-24(27)25(28)16-3-7-19(31-2)8-4-16/h3-4,6-9,15,21-24H,5,10-14H2,1-2H3,(H,29,30)/t21-,22-,23+,24-,27+/m1/s1. The Morgan fingerprint density at radius 1 is 1.00 bits per heavy atom. The zero-order chi connectivity index (χ0) is 21.8. The molecular formula is C27H30O4. The fraction of sp³-hybridized carbons (Fsp3) is 0.481. The van der Waals surface area contributed by atoms with Crippen LogP contribution in [0.1, 0.15) is 76.8 Å². The van der Waals surface area contributed by atoms with E-state index in [9.17, 15) is 14.7 Å². The van der Waals surface area contributed by atoms with E-state index in [0.717, 1.165) is 49.8 Å². The van der Waals surface area contributed by atoms with E-state index in [4.69, 9.17) is 4.74 Å². The van der Waals surface area contributed by atoms with E-state index >= 15 is 0 Å². The molecule has 4 heteroatoms. The van der Waals surface area contributed by atoms with Gasteiger partial charge in [0.2, 0.25) is 0 Å². The van der Waals surface area contributed by atoms with Crippen molar-refractivity contribution in [3.8, 4) is 5.75 Å². The Balaban J connectivity index is 1.40. The zero-order valence-electron chi connectivity index (χ0n) is 18.3. The van der Waals surface area contributed by atoms with E-state index in [1.54, 1.807) is 13.2 Å². The van der Waals surface area contributed by atoms with Crippen LogP contribution >= 0.6 is 0 Å². The van der Waals surface area contributed by atoms with Gasteiger partial charge in [-0.2, -0.15) is 0 Å². The molecule has 2 aromatic carbocycles. The third-order valence-electron chi connectivity index (χ3n) is 8.66. The number of aromatic carboxylic acids is 1. The van der Waals surface area contributed by atoms with Crippen molar-refractivity contribution < 1.29 is 19.4 Å². The lowest BCUT2D eigenvalue weighted by Crippen LogP contribution is -2.44. The number of methoxy groups -OCH3 is 1. The number of ketones is 1. The maximum atomic E-state index is 13.5. The molecule has 5 rings (SSSR count). The number of rotatable bonds is 4. The Morgan fingerprint density at radius 2 is 1.74 bits per heavy atom. The number of carbonyl (C=O) groups is 2. The Labute approximate surface area is 183 Å². The number of carbonyl (C=O) groups excluding carboxylic acids is 1. The average molecular weight is 419 g/mol. The van der Waals surface area contributed by atoms with E-state index in [0.29, 0.717) is 23.3 Å². The first-order valence-corrected chi connectivity index (χ1v) is 11.5. The predicted octanol–water partition coefficient (Wildman–Crippen LogP) is 5.75. The summed E-state index contributed by atoms with van der Waals surface area (Å²) in [5.74, 6) is 1.95. The van der Waals surface area contributed by atoms with Crippen LogP contribution in [0.15, 0.2) is 42.5 Å². The molecule has 2 saturated carbocycles. The molecule has 3 aliphatic rings. The van der Waals surface area contributed by atoms with Crippen LogP contribution in [0.5, 0.6) is 5.75 Å². The molecule has 2 aromatic rings. The molecule has 1 N–H and O–H groups in total. The number of ether oxygens (including phenoxy) is 1. The summed E-state index contributed by atoms with van der Waals surface area (Å²) in [5, 5.41) is 9.34. The van der Waals surface area contributed by atoms with Gasteiger partial charge in [-0.15, -0.1) is 0 Å². The number of carboxylic acids is 1. The van der Waals surface area contributed by atoms with Gasteiger partial charge < -0.3 is 9.84 Å². The Bertz CT molecular complexity index is 1020. The van der Waals surface area contributed by atoms with Gasteiger partial charge in [-0.05, 0) is 109 Å². The average Bonchev–Trinajstić information content (AvgIpc) is 3.15. The Kier molecular flexibility index (Phi) is 4.91. The van der Waals surface area contributed by atoms with Crippen LogP contribution in [0.3, 0.4) is 0 Å². The van der Waals surface area contributed by atoms with Crippen LogP contribution in [0.4, 0.5) is 0 Å². The third kappa shape index (κ3) is 3.19. The minimum Gasteiger partial charge on any atom is -0.497 e. The molecule has 2 fully saturated rings. The molecule has 0 heterocycles. The minimum atomic E-state index is -0.850. The smallest absolute Gasteiger partial charge is 0.335 e. The highest BCUT2D eigenvalue weighted by Crippen LogP contribution is 2.63. The van der Waals surface area contributed by atoms with Crippen LogP contribution in [0.2, 0.25) is 0 Å². The van der Waals surface area contributed by atoms with E-state index in [2.05, 4.69) is 13.0 Å². The van der Waals surface area contributed by atoms with E-state index in [1.807, 2.05) is 30.3 Å². The summed E-state index contributed by atoms with van der Waals surface area (Å²) in [4.78, 5) is 24.8. The number of hydrogen-bond donors (Lipinski definition) is 1. The lowest BCUT2D eigenvalue weighted by molar-refractivity contribution is 0.0276. The van der Waals surface area contributed by atoms with Gasteiger partial charge in [-0.25, -0.2) is 4.79 Å². The summed E-state index contributed by atoms with van der Waals surface area (Å²) in [5.41, 5.74) is 3.81. The monoisotopic (exact) mass is 418 g/mol. The van der Waals surface area contributed by atoms with Crippen molar-refractivity contribution in [2.75, 3.05) is 7.11 Å². The van der Waals surface area contributed by atoms with Crippen molar-refractivity contribution >= 4 is 11.8 Å². The summed E-state index contributed by atoms with van der Waals surface area (Å²) in [7, 11) is 1.64. The lowest BCUT2D eigenvalue weighted by Gasteiger charge is -2.50. The Morgan fingerprint density at radius 3 is 2.45 bits per heavy atom. The summed E-state index contributed by atoms with van der Waals surface area (Å²) >= 11 is 0. The van der Waals surface area contributed by atoms with Gasteiger partial charge in [0.1, 0.15) is 5.75 Å². The second kappa shape index (κ2) is 7.51. The van der Waals surface area contributed by atoms with E-state index < -0.39 is 5.97 Å². The second-order valence-corrected chi connectivity index (χ2v) is 9.90. The molecule has 31 heavy (non-hydrogen) atoms. The molecule has 0 bridgehead atoms. The van der Waals surface area contributed by atoms with E-state index in [1.165, 1.54) is 11.1 Å². The van der Waals surface area contributed by atoms with Crippen LogP contribution in [0.25, 0.3) is 0 Å². The molecule has 0 spiro atoms. The molecule has 0 saturated heterocycles. The fourth-order valence-electron chi connectivity index (χ4n) is 7.10. The molecule has 3 aliphatic carbocycles. The maximum Gasteiger partial charge on any atom is 0.335 e. The van der Waals surface area contributed by atoms with E-state index in [-0.39, 0.29) is 17.1 Å². The molecule has 4 nitrogen and oxygen atoms in total. The highest BCUT2D eigenvalue weighted by atomic mass is 16.5. The van der Waals surface area contributed by atoms with Gasteiger partial charge in [0.15, 0.2) is 5.78 Å². The lowest BCUT2D eigenvalue weighted by atomic mass is 9.53. The quantitative estimate of drug-likeness (QED) is 0.642. The zero-order valence-corrected chi connectivity index (χ0v) is 18.3. The van der Waals surface area contributed by atoms with Gasteiger partial charge in [-0.1, -0.05) is 13.0 Å². The van der Waals surface area contributed by atoms with Gasteiger partial charge in [-0.3, -0.25) is 4.79 Å². The molecule has 0 aromatic heterocycles. The van der Waals surface area contributed by atoms with Crippen molar-refractivity contribution in [1.29, 1.82) is 0 Å². The first-order chi connectivity index (χ1) is 14.9. The van der Waals surface area contributed by atoms with Crippen LogP contribution in [-0.4, -0.2) is 24.0 Å². The number of carboxylic acid groups (broad SMARTS) is 1. The first-order valence-electron chi connectivity index (χ1n) is 11.5. The number of hydrogen-bond acceptors (Lipinski definition) is 3. The minimum absolute atomic E-state index is 0.0523. The number of Topliss-reactive ketones (excluding diaryl/α,β-unsaturated/α-hetero) is 1. The molecule has 0 unspecified atom stereocenters. The van der Waals surface area contributed by atoms with Crippen LogP contribution in [0, 0.1) is 23.2 Å². The van der Waals surface area contributed by atoms with Gasteiger partial charge >= 0.3 is 5.97 Å². The van der Waals surface area contributed by atoms with Crippen LogP contribution < -0.4 is 4.74 Å². The summed E-state index contributed by atoms with van der Waals surface area (Å²) in [6.45, 7) is 2.36. The topological polar surface area (TPSA) is 63.6 Å². The molecule has 0 amide bonds. The molecular weight excluding hydrogens is 388 g/mol. The van der Waals surface area contributed by atoms with Crippen molar-refractivity contribution in [3.63, 3.8) is 0 Å². The highest BCUT2D eigenvalue weighted by Gasteiger charge is 2.56. The number of benzene rings is 2. The predicted molar refractivity (Wildman–Crippen MR) is 119 cm³/mol. The SMILES string of the molecule is COc1ccc(C(=O)[C@H]2CC[C@H]3[C@@H]4CCc5cc(C(=O)O)ccc5[C@H]4CC[C@]23C)cc1. The Hall–Kier alpha value is -2.62. The molecule has 162 valence electrons. The largest absolute Gasteiger partial charge is 0.497 e. The van der Waals surface area contributed by atoms with Crippen molar-refractivity contribution in [1.82, 2.24) is 0 Å². The summed E-state index contributed by atoms with van der Waals surface area (Å²) < 4.78 is 5.24. The summed E-state index contributed by atoms with van der Waals surface area (Å²) in [6, 6.07) is 13.3. The van der Waals surface area contributed by atoms with Crippen LogP contribution in [-0.2, 0) is 6.42 Å². The third-order valence-corrected chi connectivity index (χ3v) is 8.66. The number of fused-ring (bicyclic) bond motifs is 5. The van der Waals surface area contributed by atoms with Crippen molar-refractivity contribution in [2.45, 2.75) is 51.4 Å². The molecule has 0 radical (unpaired) electrons. The highest BCUT2D eigenvalue weighted by molar-refractivity contribution is 5.98. The fourth-order valence-corrected chi connectivity index (χ4v) is 7.10. The van der Waals surface area contributed by atoms with Gasteiger partial charge in [0.05, 0.1) is 12.7 Å². The van der Waals surface area contributed by atoms with Crippen molar-refractivity contribution in [3.05, 3.63) is 64.7 Å². The van der Waals surface area contributed by atoms with Crippen molar-refractivity contribution in [2.24, 2.45) is 23.2 Å². The summed E-state index contributed by atoms with van der Waals surface area (Å²) in [6.07, 6.45) is 6.29. The van der Waals surface area contributed by atoms with Gasteiger partial charge in [0.25, 0.3) is 0 Å². The molecule has 0 aliphatic heterocycles. The second-order valence-electron chi connectivity index (χ2n) is 9.90.